The zero-order chi connectivity index (χ0) is 19.5. The molecule has 0 aliphatic rings. The van der Waals surface area contributed by atoms with Gasteiger partial charge in [-0.1, -0.05) is 76.4 Å². The predicted molar refractivity (Wildman–Crippen MR) is 115 cm³/mol. The summed E-state index contributed by atoms with van der Waals surface area (Å²) in [5, 5.41) is 0. The van der Waals surface area contributed by atoms with Crippen LogP contribution in [0.1, 0.15) is 57.6 Å². The van der Waals surface area contributed by atoms with Gasteiger partial charge in [-0.3, -0.25) is 0 Å². The van der Waals surface area contributed by atoms with Crippen LogP contribution in [0.3, 0.4) is 0 Å². The van der Waals surface area contributed by atoms with E-state index in [-0.39, 0.29) is 0 Å². The number of rotatable bonds is 12. The fourth-order valence-electron chi connectivity index (χ4n) is 3.54. The summed E-state index contributed by atoms with van der Waals surface area (Å²) in [6.07, 6.45) is 7.19. The molecule has 0 spiro atoms. The molecule has 2 heteroatoms. The summed E-state index contributed by atoms with van der Waals surface area (Å²) >= 11 is 0. The van der Waals surface area contributed by atoms with E-state index in [0.29, 0.717) is 6.61 Å². The molecule has 148 valence electrons. The smallest absolute Gasteiger partial charge is 0.161 e. The van der Waals surface area contributed by atoms with Crippen molar-refractivity contribution in [2.24, 2.45) is 11.8 Å². The van der Waals surface area contributed by atoms with Gasteiger partial charge in [0.25, 0.3) is 0 Å². The van der Waals surface area contributed by atoms with E-state index < -0.39 is 0 Å². The molecule has 1 atom stereocenters. The standard InChI is InChI=1S/C25H36O2/c1-5-9-22(13-12-20(2)3)18-23-14-15-24(26-4)25(19-23)27-17-16-21-10-7-6-8-11-21/h6-8,10-11,14-15,19-20,22H,5,9,12-13,16-18H2,1-4H3. The third-order valence-corrected chi connectivity index (χ3v) is 5.09. The molecule has 0 amide bonds. The lowest BCUT2D eigenvalue weighted by Gasteiger charge is -2.19. The minimum absolute atomic E-state index is 0.662. The van der Waals surface area contributed by atoms with Crippen molar-refractivity contribution in [2.75, 3.05) is 13.7 Å². The topological polar surface area (TPSA) is 18.5 Å². The first-order chi connectivity index (χ1) is 13.1. The monoisotopic (exact) mass is 368 g/mol. The maximum Gasteiger partial charge on any atom is 0.161 e. The van der Waals surface area contributed by atoms with E-state index in [4.69, 9.17) is 9.47 Å². The van der Waals surface area contributed by atoms with Crippen LogP contribution in [-0.2, 0) is 12.8 Å². The molecule has 0 radical (unpaired) electrons. The number of methoxy groups -OCH3 is 1. The zero-order valence-electron chi connectivity index (χ0n) is 17.5. The molecule has 0 N–H and O–H groups in total. The molecule has 0 aliphatic carbocycles. The summed E-state index contributed by atoms with van der Waals surface area (Å²) in [5.41, 5.74) is 2.65. The van der Waals surface area contributed by atoms with Gasteiger partial charge in [0, 0.05) is 6.42 Å². The summed E-state index contributed by atoms with van der Waals surface area (Å²) in [7, 11) is 1.71. The van der Waals surface area contributed by atoms with Crippen LogP contribution < -0.4 is 9.47 Å². The lowest BCUT2D eigenvalue weighted by molar-refractivity contribution is 0.297. The quantitative estimate of drug-likeness (QED) is 0.414. The van der Waals surface area contributed by atoms with E-state index in [9.17, 15) is 0 Å². The third-order valence-electron chi connectivity index (χ3n) is 5.09. The first-order valence-corrected chi connectivity index (χ1v) is 10.5. The van der Waals surface area contributed by atoms with E-state index in [1.54, 1.807) is 7.11 Å². The lowest BCUT2D eigenvalue weighted by atomic mass is 9.88. The molecule has 2 aromatic rings. The average molecular weight is 369 g/mol. The Balaban J connectivity index is 1.99. The van der Waals surface area contributed by atoms with E-state index in [2.05, 4.69) is 63.2 Å². The van der Waals surface area contributed by atoms with Crippen molar-refractivity contribution in [1.82, 2.24) is 0 Å². The van der Waals surface area contributed by atoms with Crippen molar-refractivity contribution in [2.45, 2.75) is 59.3 Å². The van der Waals surface area contributed by atoms with Crippen LogP contribution in [0.25, 0.3) is 0 Å². The first-order valence-electron chi connectivity index (χ1n) is 10.5. The van der Waals surface area contributed by atoms with Crippen LogP contribution in [0.4, 0.5) is 0 Å². The second-order valence-corrected chi connectivity index (χ2v) is 7.90. The molecule has 2 aromatic carbocycles. The molecule has 1 unspecified atom stereocenters. The molecule has 0 bridgehead atoms. The molecule has 2 rings (SSSR count). The highest BCUT2D eigenvalue weighted by atomic mass is 16.5. The Bertz CT molecular complexity index is 649. The number of hydrogen-bond acceptors (Lipinski definition) is 2. The van der Waals surface area contributed by atoms with Crippen LogP contribution in [0.2, 0.25) is 0 Å². The maximum absolute atomic E-state index is 6.09. The molecule has 27 heavy (non-hydrogen) atoms. The number of benzene rings is 2. The van der Waals surface area contributed by atoms with Gasteiger partial charge in [-0.2, -0.15) is 0 Å². The second-order valence-electron chi connectivity index (χ2n) is 7.90. The third kappa shape index (κ3) is 7.66. The van der Waals surface area contributed by atoms with Gasteiger partial charge < -0.3 is 9.47 Å². The largest absolute Gasteiger partial charge is 0.493 e. The molecule has 0 saturated heterocycles. The van der Waals surface area contributed by atoms with E-state index in [1.165, 1.54) is 36.8 Å². The maximum atomic E-state index is 6.09. The van der Waals surface area contributed by atoms with E-state index >= 15 is 0 Å². The van der Waals surface area contributed by atoms with Crippen molar-refractivity contribution in [3.8, 4) is 11.5 Å². The number of ether oxygens (including phenoxy) is 2. The normalized spacial score (nSPS) is 12.2. The number of hydrogen-bond donors (Lipinski definition) is 0. The van der Waals surface area contributed by atoms with Crippen molar-refractivity contribution in [3.05, 3.63) is 59.7 Å². The molecule has 0 aliphatic heterocycles. The summed E-state index contributed by atoms with van der Waals surface area (Å²) in [5.74, 6) is 3.21. The molecule has 2 nitrogen and oxygen atoms in total. The molecule has 0 fully saturated rings. The summed E-state index contributed by atoms with van der Waals surface area (Å²) in [6, 6.07) is 16.9. The highest BCUT2D eigenvalue weighted by molar-refractivity contribution is 5.43. The summed E-state index contributed by atoms with van der Waals surface area (Å²) in [4.78, 5) is 0. The molecular formula is C25H36O2. The fraction of sp³-hybridized carbons (Fsp3) is 0.520. The van der Waals surface area contributed by atoms with E-state index in [0.717, 1.165) is 36.2 Å². The Morgan fingerprint density at radius 3 is 2.30 bits per heavy atom. The van der Waals surface area contributed by atoms with Gasteiger partial charge in [0.05, 0.1) is 13.7 Å². The van der Waals surface area contributed by atoms with Crippen LogP contribution in [0, 0.1) is 11.8 Å². The Morgan fingerprint density at radius 2 is 1.63 bits per heavy atom. The van der Waals surface area contributed by atoms with Crippen molar-refractivity contribution in [3.63, 3.8) is 0 Å². The highest BCUT2D eigenvalue weighted by Gasteiger charge is 2.13. The van der Waals surface area contributed by atoms with Crippen LogP contribution in [0.5, 0.6) is 11.5 Å². The molecule has 0 saturated carbocycles. The summed E-state index contributed by atoms with van der Waals surface area (Å²) < 4.78 is 11.6. The highest BCUT2D eigenvalue weighted by Crippen LogP contribution is 2.30. The second kappa shape index (κ2) is 11.7. The van der Waals surface area contributed by atoms with Crippen LogP contribution >= 0.6 is 0 Å². The SMILES string of the molecule is CCCC(CCC(C)C)Cc1ccc(OC)c(OCCc2ccccc2)c1. The van der Waals surface area contributed by atoms with E-state index in [1.807, 2.05) is 6.07 Å². The van der Waals surface area contributed by atoms with Crippen molar-refractivity contribution in [1.29, 1.82) is 0 Å². The van der Waals surface area contributed by atoms with Crippen molar-refractivity contribution < 1.29 is 9.47 Å². The lowest BCUT2D eigenvalue weighted by Crippen LogP contribution is -2.07. The minimum atomic E-state index is 0.662. The Kier molecular flexibility index (Phi) is 9.24. The Labute approximate surface area is 165 Å². The minimum Gasteiger partial charge on any atom is -0.493 e. The summed E-state index contributed by atoms with van der Waals surface area (Å²) in [6.45, 7) is 7.58. The van der Waals surface area contributed by atoms with Gasteiger partial charge in [0.15, 0.2) is 11.5 Å². The first kappa shape index (κ1) is 21.3. The van der Waals surface area contributed by atoms with Crippen molar-refractivity contribution >= 4 is 0 Å². The van der Waals surface area contributed by atoms with Crippen LogP contribution in [0.15, 0.2) is 48.5 Å². The van der Waals surface area contributed by atoms with Gasteiger partial charge in [-0.05, 0) is 47.9 Å². The van der Waals surface area contributed by atoms with Gasteiger partial charge in [0.1, 0.15) is 0 Å². The van der Waals surface area contributed by atoms with Gasteiger partial charge in [-0.15, -0.1) is 0 Å². The zero-order valence-corrected chi connectivity index (χ0v) is 17.5. The average Bonchev–Trinajstić information content (AvgIpc) is 2.67. The van der Waals surface area contributed by atoms with Gasteiger partial charge in [0.2, 0.25) is 0 Å². The molecular weight excluding hydrogens is 332 g/mol. The molecule has 0 heterocycles. The predicted octanol–water partition coefficient (Wildman–Crippen LogP) is 6.71. The Hall–Kier alpha value is -1.96. The van der Waals surface area contributed by atoms with Gasteiger partial charge in [-0.25, -0.2) is 0 Å². The molecule has 0 aromatic heterocycles. The van der Waals surface area contributed by atoms with Crippen LogP contribution in [-0.4, -0.2) is 13.7 Å². The Morgan fingerprint density at radius 1 is 0.852 bits per heavy atom. The fourth-order valence-corrected chi connectivity index (χ4v) is 3.54. The van der Waals surface area contributed by atoms with Gasteiger partial charge >= 0.3 is 0 Å².